The van der Waals surface area contributed by atoms with Crippen molar-refractivity contribution in [1.29, 1.82) is 0 Å². The Morgan fingerprint density at radius 3 is 2.91 bits per heavy atom. The molecule has 0 amide bonds. The van der Waals surface area contributed by atoms with Crippen molar-refractivity contribution in [2.45, 2.75) is 19.1 Å². The van der Waals surface area contributed by atoms with Crippen LogP contribution in [0.15, 0.2) is 42.6 Å². The molecule has 1 aliphatic heterocycles. The molecule has 116 valence electrons. The molecule has 1 aliphatic rings. The number of pyridine rings is 1. The second kappa shape index (κ2) is 7.13. The Balaban J connectivity index is 1.63. The van der Waals surface area contributed by atoms with Crippen molar-refractivity contribution >= 4 is 5.69 Å². The lowest BCUT2D eigenvalue weighted by molar-refractivity contribution is 0.142. The number of hydrogen-bond acceptors (Lipinski definition) is 5. The van der Waals surface area contributed by atoms with Gasteiger partial charge in [-0.2, -0.15) is 0 Å². The lowest BCUT2D eigenvalue weighted by atomic mass is 10.2. The summed E-state index contributed by atoms with van der Waals surface area (Å²) in [5.74, 6) is 1.48. The zero-order chi connectivity index (χ0) is 15.2. The van der Waals surface area contributed by atoms with Crippen LogP contribution in [0.1, 0.15) is 12.0 Å². The SMILES string of the molecule is COc1ccc(CNc2ccccc2O[C@@H]2CCOC2)cn1. The number of nitrogens with one attached hydrogen (secondary N) is 1. The topological polar surface area (TPSA) is 52.6 Å². The van der Waals surface area contributed by atoms with Crippen molar-refractivity contribution < 1.29 is 14.2 Å². The van der Waals surface area contributed by atoms with Crippen LogP contribution in [0.25, 0.3) is 0 Å². The summed E-state index contributed by atoms with van der Waals surface area (Å²) in [7, 11) is 1.61. The molecule has 22 heavy (non-hydrogen) atoms. The third-order valence-electron chi connectivity index (χ3n) is 3.56. The number of rotatable bonds is 6. The van der Waals surface area contributed by atoms with Gasteiger partial charge in [0.25, 0.3) is 0 Å². The van der Waals surface area contributed by atoms with E-state index >= 15 is 0 Å². The number of para-hydroxylation sites is 2. The Morgan fingerprint density at radius 2 is 2.18 bits per heavy atom. The van der Waals surface area contributed by atoms with E-state index in [1.165, 1.54) is 0 Å². The molecule has 5 heteroatoms. The van der Waals surface area contributed by atoms with E-state index in [-0.39, 0.29) is 6.10 Å². The van der Waals surface area contributed by atoms with Crippen molar-refractivity contribution in [3.63, 3.8) is 0 Å². The molecule has 3 rings (SSSR count). The Bertz CT molecular complexity index is 595. The van der Waals surface area contributed by atoms with Crippen molar-refractivity contribution in [1.82, 2.24) is 4.98 Å². The normalized spacial score (nSPS) is 17.2. The summed E-state index contributed by atoms with van der Waals surface area (Å²) < 4.78 is 16.4. The van der Waals surface area contributed by atoms with Gasteiger partial charge in [-0.25, -0.2) is 4.98 Å². The van der Waals surface area contributed by atoms with Crippen LogP contribution < -0.4 is 14.8 Å². The van der Waals surface area contributed by atoms with Crippen molar-refractivity contribution in [3.8, 4) is 11.6 Å². The number of anilines is 1. The molecule has 0 spiro atoms. The minimum atomic E-state index is 0.144. The molecule has 1 fully saturated rings. The largest absolute Gasteiger partial charge is 0.486 e. The first-order valence-corrected chi connectivity index (χ1v) is 7.41. The van der Waals surface area contributed by atoms with Gasteiger partial charge in [-0.15, -0.1) is 0 Å². The van der Waals surface area contributed by atoms with E-state index in [0.717, 1.165) is 30.0 Å². The molecule has 5 nitrogen and oxygen atoms in total. The van der Waals surface area contributed by atoms with E-state index < -0.39 is 0 Å². The smallest absolute Gasteiger partial charge is 0.212 e. The molecule has 1 atom stereocenters. The van der Waals surface area contributed by atoms with Gasteiger partial charge in [-0.05, 0) is 17.7 Å². The van der Waals surface area contributed by atoms with Gasteiger partial charge in [-0.3, -0.25) is 0 Å². The fourth-order valence-electron chi connectivity index (χ4n) is 2.33. The second-order valence-corrected chi connectivity index (χ2v) is 5.16. The van der Waals surface area contributed by atoms with E-state index in [2.05, 4.69) is 10.3 Å². The number of methoxy groups -OCH3 is 1. The third kappa shape index (κ3) is 3.68. The highest BCUT2D eigenvalue weighted by Crippen LogP contribution is 2.27. The van der Waals surface area contributed by atoms with E-state index in [1.807, 2.05) is 36.4 Å². The van der Waals surface area contributed by atoms with Crippen LogP contribution in [-0.2, 0) is 11.3 Å². The fourth-order valence-corrected chi connectivity index (χ4v) is 2.33. The first-order valence-electron chi connectivity index (χ1n) is 7.41. The Kier molecular flexibility index (Phi) is 4.75. The highest BCUT2D eigenvalue weighted by molar-refractivity contribution is 5.56. The average molecular weight is 300 g/mol. The maximum absolute atomic E-state index is 6.01. The highest BCUT2D eigenvalue weighted by atomic mass is 16.5. The number of aromatic nitrogens is 1. The van der Waals surface area contributed by atoms with Crippen molar-refractivity contribution in [3.05, 3.63) is 48.2 Å². The Hall–Kier alpha value is -2.27. The first-order chi connectivity index (χ1) is 10.8. The zero-order valence-corrected chi connectivity index (χ0v) is 12.6. The Morgan fingerprint density at radius 1 is 1.27 bits per heavy atom. The monoisotopic (exact) mass is 300 g/mol. The first kappa shape index (κ1) is 14.7. The fraction of sp³-hybridized carbons (Fsp3) is 0.353. The molecule has 0 bridgehead atoms. The molecular weight excluding hydrogens is 280 g/mol. The van der Waals surface area contributed by atoms with Gasteiger partial charge in [0.2, 0.25) is 5.88 Å². The summed E-state index contributed by atoms with van der Waals surface area (Å²) >= 11 is 0. The van der Waals surface area contributed by atoms with Gasteiger partial charge >= 0.3 is 0 Å². The van der Waals surface area contributed by atoms with Crippen LogP contribution in [0, 0.1) is 0 Å². The number of hydrogen-bond donors (Lipinski definition) is 1. The van der Waals surface area contributed by atoms with Crippen LogP contribution >= 0.6 is 0 Å². The molecule has 1 saturated heterocycles. The quantitative estimate of drug-likeness (QED) is 0.889. The van der Waals surface area contributed by atoms with Crippen LogP contribution in [0.5, 0.6) is 11.6 Å². The molecule has 1 N–H and O–H groups in total. The number of benzene rings is 1. The average Bonchev–Trinajstić information content (AvgIpc) is 3.07. The van der Waals surface area contributed by atoms with E-state index in [0.29, 0.717) is 19.0 Å². The molecule has 2 aromatic rings. The van der Waals surface area contributed by atoms with Gasteiger partial charge < -0.3 is 19.5 Å². The van der Waals surface area contributed by atoms with Gasteiger partial charge in [0.15, 0.2) is 0 Å². The minimum absolute atomic E-state index is 0.144. The summed E-state index contributed by atoms with van der Waals surface area (Å²) in [6.45, 7) is 2.12. The Labute approximate surface area is 130 Å². The molecule has 1 aromatic heterocycles. The number of ether oxygens (including phenoxy) is 3. The maximum Gasteiger partial charge on any atom is 0.212 e. The molecule has 0 unspecified atom stereocenters. The molecule has 0 saturated carbocycles. The summed E-state index contributed by atoms with van der Waals surface area (Å²) in [5.41, 5.74) is 2.06. The molecule has 1 aromatic carbocycles. The van der Waals surface area contributed by atoms with Gasteiger partial charge in [0, 0.05) is 25.2 Å². The summed E-state index contributed by atoms with van der Waals surface area (Å²) in [4.78, 5) is 4.21. The van der Waals surface area contributed by atoms with Crippen molar-refractivity contribution in [2.75, 3.05) is 25.6 Å². The molecule has 2 heterocycles. The van der Waals surface area contributed by atoms with Crippen LogP contribution in [-0.4, -0.2) is 31.4 Å². The highest BCUT2D eigenvalue weighted by Gasteiger charge is 2.18. The van der Waals surface area contributed by atoms with Gasteiger partial charge in [0.1, 0.15) is 11.9 Å². The third-order valence-corrected chi connectivity index (χ3v) is 3.56. The second-order valence-electron chi connectivity index (χ2n) is 5.16. The van der Waals surface area contributed by atoms with Crippen LogP contribution in [0.2, 0.25) is 0 Å². The lowest BCUT2D eigenvalue weighted by Gasteiger charge is -2.16. The van der Waals surface area contributed by atoms with Gasteiger partial charge in [-0.1, -0.05) is 18.2 Å². The summed E-state index contributed by atoms with van der Waals surface area (Å²) in [5, 5.41) is 3.39. The number of nitrogens with zero attached hydrogens (tertiary/aromatic N) is 1. The van der Waals surface area contributed by atoms with Crippen molar-refractivity contribution in [2.24, 2.45) is 0 Å². The maximum atomic E-state index is 6.01. The van der Waals surface area contributed by atoms with E-state index in [4.69, 9.17) is 14.2 Å². The predicted molar refractivity (Wildman–Crippen MR) is 84.4 cm³/mol. The molecule has 0 aliphatic carbocycles. The summed E-state index contributed by atoms with van der Waals surface area (Å²) in [6, 6.07) is 11.8. The lowest BCUT2D eigenvalue weighted by Crippen LogP contribution is -2.16. The van der Waals surface area contributed by atoms with Crippen LogP contribution in [0.3, 0.4) is 0 Å². The van der Waals surface area contributed by atoms with Gasteiger partial charge in [0.05, 0.1) is 26.0 Å². The standard InChI is InChI=1S/C17H20N2O3/c1-20-17-7-6-13(11-19-17)10-18-15-4-2-3-5-16(15)22-14-8-9-21-12-14/h2-7,11,14,18H,8-10,12H2,1H3/t14-/m1/s1. The minimum Gasteiger partial charge on any atom is -0.486 e. The molecule has 0 radical (unpaired) electrons. The van der Waals surface area contributed by atoms with Crippen LogP contribution in [0.4, 0.5) is 5.69 Å². The van der Waals surface area contributed by atoms with E-state index in [1.54, 1.807) is 13.3 Å². The van der Waals surface area contributed by atoms with E-state index in [9.17, 15) is 0 Å². The summed E-state index contributed by atoms with van der Waals surface area (Å²) in [6.07, 6.45) is 2.89. The molecular formula is C17H20N2O3. The zero-order valence-electron chi connectivity index (χ0n) is 12.6. The predicted octanol–water partition coefficient (Wildman–Crippen LogP) is 2.87.